The van der Waals surface area contributed by atoms with Crippen molar-refractivity contribution in [3.63, 3.8) is 0 Å². The molecule has 0 saturated heterocycles. The Bertz CT molecular complexity index is 1000. The van der Waals surface area contributed by atoms with Crippen molar-refractivity contribution in [2.45, 2.75) is 6.92 Å². The summed E-state index contributed by atoms with van der Waals surface area (Å²) in [5.74, 6) is 0.831. The van der Waals surface area contributed by atoms with E-state index in [2.05, 4.69) is 22.4 Å². The second-order valence-electron chi connectivity index (χ2n) is 5.68. The van der Waals surface area contributed by atoms with Crippen molar-refractivity contribution < 1.29 is 4.74 Å². The topological polar surface area (TPSA) is 39.4 Å². The van der Waals surface area contributed by atoms with Gasteiger partial charge in [0.1, 0.15) is 11.4 Å². The predicted molar refractivity (Wildman–Crippen MR) is 95.1 cm³/mol. The van der Waals surface area contributed by atoms with Gasteiger partial charge in [-0.1, -0.05) is 6.07 Å². The van der Waals surface area contributed by atoms with Crippen molar-refractivity contribution >= 4 is 5.65 Å². The number of hydrogen-bond acceptors (Lipinski definition) is 3. The molecule has 3 aromatic heterocycles. The zero-order valence-electron chi connectivity index (χ0n) is 13.6. The first-order chi connectivity index (χ1) is 11.8. The number of hydrogen-bond donors (Lipinski definition) is 0. The van der Waals surface area contributed by atoms with Crippen molar-refractivity contribution in [3.05, 3.63) is 72.6 Å². The molecule has 118 valence electrons. The van der Waals surface area contributed by atoms with E-state index in [9.17, 15) is 0 Å². The Morgan fingerprint density at radius 3 is 2.58 bits per heavy atom. The van der Waals surface area contributed by atoms with E-state index in [1.54, 1.807) is 7.11 Å². The molecular formula is C20H17N3O. The van der Waals surface area contributed by atoms with Crippen LogP contribution in [0.25, 0.3) is 28.3 Å². The van der Waals surface area contributed by atoms with E-state index >= 15 is 0 Å². The fourth-order valence-corrected chi connectivity index (χ4v) is 2.86. The molecule has 0 aliphatic rings. The van der Waals surface area contributed by atoms with Crippen LogP contribution in [0.1, 0.15) is 5.56 Å². The SMILES string of the molecule is COc1ccc(-c2nc3ccccn3c2-c2cc(C)ccn2)cc1. The molecule has 24 heavy (non-hydrogen) atoms. The molecule has 4 nitrogen and oxygen atoms in total. The van der Waals surface area contributed by atoms with Crippen LogP contribution in [0.5, 0.6) is 5.75 Å². The van der Waals surface area contributed by atoms with Gasteiger partial charge in [-0.25, -0.2) is 4.98 Å². The van der Waals surface area contributed by atoms with Crippen LogP contribution >= 0.6 is 0 Å². The minimum Gasteiger partial charge on any atom is -0.497 e. The Morgan fingerprint density at radius 1 is 1.00 bits per heavy atom. The first-order valence-electron chi connectivity index (χ1n) is 7.81. The molecule has 1 aromatic carbocycles. The van der Waals surface area contributed by atoms with Crippen molar-refractivity contribution in [3.8, 4) is 28.4 Å². The lowest BCUT2D eigenvalue weighted by Gasteiger charge is -2.06. The number of imidazole rings is 1. The molecule has 0 bridgehead atoms. The van der Waals surface area contributed by atoms with Gasteiger partial charge in [0.05, 0.1) is 24.2 Å². The average molecular weight is 315 g/mol. The minimum atomic E-state index is 0.831. The number of rotatable bonds is 3. The maximum atomic E-state index is 5.26. The highest BCUT2D eigenvalue weighted by molar-refractivity contribution is 5.80. The normalized spacial score (nSPS) is 10.9. The van der Waals surface area contributed by atoms with Crippen molar-refractivity contribution in [2.24, 2.45) is 0 Å². The Morgan fingerprint density at radius 2 is 1.83 bits per heavy atom. The number of aromatic nitrogens is 3. The van der Waals surface area contributed by atoms with E-state index in [4.69, 9.17) is 9.72 Å². The maximum absolute atomic E-state index is 5.26. The molecule has 4 heteroatoms. The fraction of sp³-hybridized carbons (Fsp3) is 0.100. The van der Waals surface area contributed by atoms with Crippen molar-refractivity contribution in [1.82, 2.24) is 14.4 Å². The molecule has 0 amide bonds. The van der Waals surface area contributed by atoms with Gasteiger partial charge in [0.15, 0.2) is 0 Å². The number of benzene rings is 1. The Kier molecular flexibility index (Phi) is 3.50. The van der Waals surface area contributed by atoms with Gasteiger partial charge in [-0.3, -0.25) is 9.38 Å². The first kappa shape index (κ1) is 14.5. The molecule has 0 aliphatic carbocycles. The molecule has 3 heterocycles. The van der Waals surface area contributed by atoms with Crippen LogP contribution in [0.2, 0.25) is 0 Å². The van der Waals surface area contributed by atoms with Crippen LogP contribution < -0.4 is 4.74 Å². The summed E-state index contributed by atoms with van der Waals surface area (Å²) < 4.78 is 7.34. The first-order valence-corrected chi connectivity index (χ1v) is 7.81. The molecule has 0 N–H and O–H groups in total. The minimum absolute atomic E-state index is 0.831. The van der Waals surface area contributed by atoms with E-state index in [1.165, 1.54) is 5.56 Å². The quantitative estimate of drug-likeness (QED) is 0.563. The summed E-state index contributed by atoms with van der Waals surface area (Å²) in [5, 5.41) is 0. The number of pyridine rings is 2. The summed E-state index contributed by atoms with van der Waals surface area (Å²) in [6.07, 6.45) is 3.86. The molecule has 0 aliphatic heterocycles. The zero-order chi connectivity index (χ0) is 16.5. The van der Waals surface area contributed by atoms with E-state index in [-0.39, 0.29) is 0 Å². The Balaban J connectivity index is 1.99. The van der Waals surface area contributed by atoms with Crippen LogP contribution in [0.4, 0.5) is 0 Å². The predicted octanol–water partition coefficient (Wildman–Crippen LogP) is 4.38. The van der Waals surface area contributed by atoms with Crippen LogP contribution in [0.3, 0.4) is 0 Å². The lowest BCUT2D eigenvalue weighted by Crippen LogP contribution is -1.92. The second-order valence-corrected chi connectivity index (χ2v) is 5.68. The average Bonchev–Trinajstić information content (AvgIpc) is 3.01. The lowest BCUT2D eigenvalue weighted by molar-refractivity contribution is 0.415. The van der Waals surface area contributed by atoms with Gasteiger partial charge in [-0.15, -0.1) is 0 Å². The van der Waals surface area contributed by atoms with Gasteiger partial charge in [-0.05, 0) is 61.0 Å². The summed E-state index contributed by atoms with van der Waals surface area (Å²) in [7, 11) is 1.67. The van der Waals surface area contributed by atoms with Crippen molar-refractivity contribution in [2.75, 3.05) is 7.11 Å². The monoisotopic (exact) mass is 315 g/mol. The van der Waals surface area contributed by atoms with Crippen LogP contribution in [-0.2, 0) is 0 Å². The third-order valence-corrected chi connectivity index (χ3v) is 4.05. The van der Waals surface area contributed by atoms with E-state index in [0.717, 1.165) is 34.0 Å². The van der Waals surface area contributed by atoms with Gasteiger partial charge >= 0.3 is 0 Å². The summed E-state index contributed by atoms with van der Waals surface area (Å²) in [4.78, 5) is 9.39. The van der Waals surface area contributed by atoms with Crippen LogP contribution in [-0.4, -0.2) is 21.5 Å². The third kappa shape index (κ3) is 2.42. The molecule has 0 spiro atoms. The van der Waals surface area contributed by atoms with Gasteiger partial charge in [0, 0.05) is 18.0 Å². The lowest BCUT2D eigenvalue weighted by atomic mass is 10.1. The highest BCUT2D eigenvalue weighted by Gasteiger charge is 2.16. The number of nitrogens with zero attached hydrogens (tertiary/aromatic N) is 3. The number of aryl methyl sites for hydroxylation is 1. The van der Waals surface area contributed by atoms with Crippen LogP contribution in [0, 0.1) is 6.92 Å². The summed E-state index contributed by atoms with van der Waals surface area (Å²) in [6, 6.07) is 18.0. The number of methoxy groups -OCH3 is 1. The Labute approximate surface area is 140 Å². The van der Waals surface area contributed by atoms with E-state index < -0.39 is 0 Å². The summed E-state index contributed by atoms with van der Waals surface area (Å²) >= 11 is 0. The molecule has 0 unspecified atom stereocenters. The molecule has 0 fully saturated rings. The van der Waals surface area contributed by atoms with Crippen molar-refractivity contribution in [1.29, 1.82) is 0 Å². The number of fused-ring (bicyclic) bond motifs is 1. The number of ether oxygens (including phenoxy) is 1. The highest BCUT2D eigenvalue weighted by Crippen LogP contribution is 2.32. The van der Waals surface area contributed by atoms with Gasteiger partial charge in [0.25, 0.3) is 0 Å². The van der Waals surface area contributed by atoms with Gasteiger partial charge < -0.3 is 4.74 Å². The molecule has 0 atom stereocenters. The van der Waals surface area contributed by atoms with Gasteiger partial charge in [-0.2, -0.15) is 0 Å². The zero-order valence-corrected chi connectivity index (χ0v) is 13.6. The molecule has 4 aromatic rings. The molecule has 4 rings (SSSR count). The van der Waals surface area contributed by atoms with Crippen LogP contribution in [0.15, 0.2) is 67.0 Å². The van der Waals surface area contributed by atoms with Gasteiger partial charge in [0.2, 0.25) is 0 Å². The highest BCUT2D eigenvalue weighted by atomic mass is 16.5. The fourth-order valence-electron chi connectivity index (χ4n) is 2.86. The van der Waals surface area contributed by atoms with E-state index in [0.29, 0.717) is 0 Å². The Hall–Kier alpha value is -3.14. The third-order valence-electron chi connectivity index (χ3n) is 4.05. The second kappa shape index (κ2) is 5.81. The smallest absolute Gasteiger partial charge is 0.137 e. The maximum Gasteiger partial charge on any atom is 0.137 e. The molecule has 0 saturated carbocycles. The molecular weight excluding hydrogens is 298 g/mol. The summed E-state index contributed by atoms with van der Waals surface area (Å²) in [6.45, 7) is 2.07. The van der Waals surface area contributed by atoms with E-state index in [1.807, 2.05) is 60.9 Å². The molecule has 0 radical (unpaired) electrons. The largest absolute Gasteiger partial charge is 0.497 e. The summed E-state index contributed by atoms with van der Waals surface area (Å²) in [5.41, 5.74) is 5.95. The standard InChI is InChI=1S/C20H17N3O/c1-14-10-11-21-17(13-14)20-19(15-6-8-16(24-2)9-7-15)22-18-5-3-4-12-23(18)20/h3-13H,1-2H3.